The fourth-order valence-corrected chi connectivity index (χ4v) is 3.50. The Labute approximate surface area is 163 Å². The fraction of sp³-hybridized carbons (Fsp3) is 0.286. The summed E-state index contributed by atoms with van der Waals surface area (Å²) in [5, 5.41) is 15.2. The van der Waals surface area contributed by atoms with Crippen LogP contribution in [0.2, 0.25) is 0 Å². The van der Waals surface area contributed by atoms with Gasteiger partial charge in [-0.05, 0) is 36.9 Å². The van der Waals surface area contributed by atoms with Crippen LogP contribution in [-0.2, 0) is 4.79 Å². The monoisotopic (exact) mass is 377 g/mol. The average Bonchev–Trinajstić information content (AvgIpc) is 3.23. The van der Waals surface area contributed by atoms with Crippen LogP contribution in [0.25, 0.3) is 10.8 Å². The van der Waals surface area contributed by atoms with Crippen LogP contribution >= 0.6 is 0 Å². The molecule has 0 radical (unpaired) electrons. The largest absolute Gasteiger partial charge is 0.342 e. The number of anilines is 1. The first kappa shape index (κ1) is 18.2. The number of aromatic nitrogens is 2. The van der Waals surface area contributed by atoms with Crippen LogP contribution in [0.3, 0.4) is 0 Å². The summed E-state index contributed by atoms with van der Waals surface area (Å²) in [7, 11) is 0. The molecule has 2 amide bonds. The van der Waals surface area contributed by atoms with Gasteiger partial charge in [-0.1, -0.05) is 36.4 Å². The van der Waals surface area contributed by atoms with Gasteiger partial charge in [0.1, 0.15) is 5.69 Å². The lowest BCUT2D eigenvalue weighted by atomic mass is 10.1. The van der Waals surface area contributed by atoms with Crippen molar-refractivity contribution in [3.63, 3.8) is 0 Å². The molecule has 0 aliphatic carbocycles. The molecule has 3 N–H and O–H groups in total. The molecule has 144 valence electrons. The second-order valence-electron chi connectivity index (χ2n) is 6.94. The number of benzene rings is 2. The molecule has 0 spiro atoms. The molecule has 1 unspecified atom stereocenters. The van der Waals surface area contributed by atoms with Crippen molar-refractivity contribution in [1.29, 1.82) is 0 Å². The first-order valence-electron chi connectivity index (χ1n) is 9.52. The molecule has 28 heavy (non-hydrogen) atoms. The number of rotatable bonds is 5. The number of piperidine rings is 1. The summed E-state index contributed by atoms with van der Waals surface area (Å²) >= 11 is 0. The molecule has 1 aliphatic heterocycles. The summed E-state index contributed by atoms with van der Waals surface area (Å²) in [5.74, 6) is -0.629. The maximum atomic E-state index is 12.3. The second-order valence-corrected chi connectivity index (χ2v) is 6.94. The van der Waals surface area contributed by atoms with Crippen molar-refractivity contribution < 1.29 is 9.59 Å². The van der Waals surface area contributed by atoms with E-state index >= 15 is 0 Å². The number of hydrogen-bond donors (Lipinski definition) is 3. The van der Waals surface area contributed by atoms with Gasteiger partial charge in [0.25, 0.3) is 5.91 Å². The van der Waals surface area contributed by atoms with E-state index in [9.17, 15) is 9.59 Å². The first-order valence-corrected chi connectivity index (χ1v) is 9.52. The van der Waals surface area contributed by atoms with E-state index in [1.807, 2.05) is 53.3 Å². The molecule has 4 rings (SSSR count). The van der Waals surface area contributed by atoms with Crippen LogP contribution in [-0.4, -0.2) is 41.2 Å². The van der Waals surface area contributed by atoms with Gasteiger partial charge in [-0.2, -0.15) is 5.10 Å². The van der Waals surface area contributed by atoms with Crippen molar-refractivity contribution >= 4 is 28.3 Å². The van der Waals surface area contributed by atoms with Crippen molar-refractivity contribution in [2.45, 2.75) is 18.9 Å². The summed E-state index contributed by atoms with van der Waals surface area (Å²) in [6.07, 6.45) is 3.96. The molecular formula is C21H23N5O2. The molecular weight excluding hydrogens is 354 g/mol. The van der Waals surface area contributed by atoms with Crippen LogP contribution < -0.4 is 16.0 Å². The molecule has 1 aliphatic rings. The summed E-state index contributed by atoms with van der Waals surface area (Å²) < 4.78 is 1.83. The van der Waals surface area contributed by atoms with E-state index in [1.165, 1.54) is 0 Å². The first-order chi connectivity index (χ1) is 13.7. The van der Waals surface area contributed by atoms with Crippen molar-refractivity contribution in [2.75, 3.05) is 25.0 Å². The van der Waals surface area contributed by atoms with Gasteiger partial charge in [-0.25, -0.2) is 0 Å². The highest BCUT2D eigenvalue weighted by Crippen LogP contribution is 2.22. The van der Waals surface area contributed by atoms with Gasteiger partial charge in [-0.3, -0.25) is 14.3 Å². The SMILES string of the molecule is O=C(CNC(=O)c1ccn(C2CCCNC2)n1)Nc1cccc2ccccc12. The number of carbonyl (C=O) groups excluding carboxylic acids is 2. The number of fused-ring (bicyclic) bond motifs is 1. The molecule has 0 bridgehead atoms. The van der Waals surface area contributed by atoms with E-state index in [1.54, 1.807) is 6.07 Å². The van der Waals surface area contributed by atoms with Crippen LogP contribution in [0, 0.1) is 0 Å². The number of nitrogens with one attached hydrogen (secondary N) is 3. The fourth-order valence-electron chi connectivity index (χ4n) is 3.50. The van der Waals surface area contributed by atoms with E-state index in [0.29, 0.717) is 5.69 Å². The highest BCUT2D eigenvalue weighted by Gasteiger charge is 2.18. The van der Waals surface area contributed by atoms with Crippen molar-refractivity contribution in [3.8, 4) is 0 Å². The maximum Gasteiger partial charge on any atom is 0.272 e. The third kappa shape index (κ3) is 4.04. The third-order valence-corrected chi connectivity index (χ3v) is 4.96. The number of hydrogen-bond acceptors (Lipinski definition) is 4. The Balaban J connectivity index is 1.34. The molecule has 2 aromatic carbocycles. The standard InChI is InChI=1S/C21H23N5O2/c27-20(24-18-9-3-6-15-5-1-2-8-17(15)18)14-23-21(28)19-10-12-26(25-19)16-7-4-11-22-13-16/h1-3,5-6,8-10,12,16,22H,4,7,11,13-14H2,(H,23,28)(H,24,27). The maximum absolute atomic E-state index is 12.3. The van der Waals surface area contributed by atoms with E-state index in [-0.39, 0.29) is 24.4 Å². The molecule has 1 aromatic heterocycles. The second kappa shape index (κ2) is 8.22. The lowest BCUT2D eigenvalue weighted by molar-refractivity contribution is -0.115. The van der Waals surface area contributed by atoms with Gasteiger partial charge in [0.15, 0.2) is 0 Å². The minimum atomic E-state index is -0.351. The zero-order valence-electron chi connectivity index (χ0n) is 15.5. The van der Waals surface area contributed by atoms with E-state index in [4.69, 9.17) is 0 Å². The average molecular weight is 377 g/mol. The Morgan fingerprint density at radius 1 is 1.14 bits per heavy atom. The Morgan fingerprint density at radius 2 is 2.00 bits per heavy atom. The topological polar surface area (TPSA) is 88.1 Å². The molecule has 1 saturated heterocycles. The Bertz CT molecular complexity index is 986. The van der Waals surface area contributed by atoms with Crippen LogP contribution in [0.15, 0.2) is 54.7 Å². The molecule has 7 heteroatoms. The lowest BCUT2D eigenvalue weighted by Gasteiger charge is -2.22. The van der Waals surface area contributed by atoms with Crippen LogP contribution in [0.5, 0.6) is 0 Å². The summed E-state index contributed by atoms with van der Waals surface area (Å²) in [6, 6.07) is 15.5. The Kier molecular flexibility index (Phi) is 5.34. The molecule has 3 aromatic rings. The summed E-state index contributed by atoms with van der Waals surface area (Å²) in [6.45, 7) is 1.77. The van der Waals surface area contributed by atoms with Crippen molar-refractivity contribution in [3.05, 3.63) is 60.4 Å². The van der Waals surface area contributed by atoms with Crippen LogP contribution in [0.4, 0.5) is 5.69 Å². The summed E-state index contributed by atoms with van der Waals surface area (Å²) in [5.41, 5.74) is 1.05. The lowest BCUT2D eigenvalue weighted by Crippen LogP contribution is -2.34. The molecule has 7 nitrogen and oxygen atoms in total. The quantitative estimate of drug-likeness (QED) is 0.637. The van der Waals surface area contributed by atoms with Gasteiger partial charge in [0.05, 0.1) is 12.6 Å². The highest BCUT2D eigenvalue weighted by molar-refractivity contribution is 6.04. The Morgan fingerprint density at radius 3 is 2.86 bits per heavy atom. The van der Waals surface area contributed by atoms with Crippen molar-refractivity contribution in [1.82, 2.24) is 20.4 Å². The van der Waals surface area contributed by atoms with Gasteiger partial charge in [-0.15, -0.1) is 0 Å². The zero-order valence-corrected chi connectivity index (χ0v) is 15.5. The van der Waals surface area contributed by atoms with Gasteiger partial charge < -0.3 is 16.0 Å². The molecule has 1 fully saturated rings. The Hall–Kier alpha value is -3.19. The van der Waals surface area contributed by atoms with E-state index < -0.39 is 0 Å². The molecule has 1 atom stereocenters. The van der Waals surface area contributed by atoms with Crippen LogP contribution in [0.1, 0.15) is 29.4 Å². The van der Waals surface area contributed by atoms with Crippen molar-refractivity contribution in [2.24, 2.45) is 0 Å². The van der Waals surface area contributed by atoms with E-state index in [2.05, 4.69) is 21.0 Å². The van der Waals surface area contributed by atoms with Gasteiger partial charge in [0, 0.05) is 23.8 Å². The minimum absolute atomic E-state index is 0.111. The van der Waals surface area contributed by atoms with E-state index in [0.717, 1.165) is 42.4 Å². The molecule has 0 saturated carbocycles. The number of amides is 2. The molecule has 2 heterocycles. The summed E-state index contributed by atoms with van der Waals surface area (Å²) in [4.78, 5) is 24.6. The normalized spacial score (nSPS) is 16.6. The highest BCUT2D eigenvalue weighted by atomic mass is 16.2. The number of carbonyl (C=O) groups is 2. The van der Waals surface area contributed by atoms with Gasteiger partial charge in [0.2, 0.25) is 5.91 Å². The number of nitrogens with zero attached hydrogens (tertiary/aromatic N) is 2. The predicted octanol–water partition coefficient (Wildman–Crippen LogP) is 2.33. The predicted molar refractivity (Wildman–Crippen MR) is 108 cm³/mol. The third-order valence-electron chi connectivity index (χ3n) is 4.96. The van der Waals surface area contributed by atoms with Gasteiger partial charge >= 0.3 is 0 Å². The zero-order chi connectivity index (χ0) is 19.3. The smallest absolute Gasteiger partial charge is 0.272 e. The minimum Gasteiger partial charge on any atom is -0.342 e.